The summed E-state index contributed by atoms with van der Waals surface area (Å²) in [4.78, 5) is 10.8. The summed E-state index contributed by atoms with van der Waals surface area (Å²) in [6, 6.07) is 0. The number of rotatable bonds is 3. The van der Waals surface area contributed by atoms with Gasteiger partial charge < -0.3 is 10.2 Å². The van der Waals surface area contributed by atoms with E-state index in [2.05, 4.69) is 0 Å². The van der Waals surface area contributed by atoms with Crippen molar-refractivity contribution in [1.29, 1.82) is 0 Å². The van der Waals surface area contributed by atoms with Crippen LogP contribution in [0.4, 0.5) is 0 Å². The van der Waals surface area contributed by atoms with Crippen LogP contribution in [0.5, 0.6) is 0 Å². The third kappa shape index (κ3) is 2.78. The first kappa shape index (κ1) is 10.7. The van der Waals surface area contributed by atoms with Crippen LogP contribution in [0.2, 0.25) is 0 Å². The van der Waals surface area contributed by atoms with Gasteiger partial charge in [-0.15, -0.1) is 0 Å². The smallest absolute Gasteiger partial charge is 0.160 e. The summed E-state index contributed by atoms with van der Waals surface area (Å²) in [5.74, 6) is -0.217. The molecule has 0 amide bonds. The number of Topliss-reactive ketones (excluding diaryl/α,β-unsaturated/α-hetero) is 1. The van der Waals surface area contributed by atoms with Gasteiger partial charge in [0.1, 0.15) is 6.10 Å². The molecule has 0 heterocycles. The Balaban J connectivity index is 2.44. The fourth-order valence-corrected chi connectivity index (χ4v) is 1.97. The molecule has 0 aromatic carbocycles. The molecule has 3 nitrogen and oxygen atoms in total. The predicted molar refractivity (Wildman–Crippen MR) is 49.3 cm³/mol. The van der Waals surface area contributed by atoms with Crippen molar-refractivity contribution in [1.82, 2.24) is 0 Å². The second-order valence-corrected chi connectivity index (χ2v) is 3.94. The van der Waals surface area contributed by atoms with Gasteiger partial charge in [0, 0.05) is 0 Å². The number of ketones is 1. The molecule has 1 aliphatic rings. The largest absolute Gasteiger partial charge is 0.390 e. The second kappa shape index (κ2) is 4.72. The van der Waals surface area contributed by atoms with Crippen LogP contribution in [-0.4, -0.2) is 28.2 Å². The van der Waals surface area contributed by atoms with E-state index in [0.29, 0.717) is 0 Å². The maximum absolute atomic E-state index is 10.8. The molecule has 76 valence electrons. The average Bonchev–Trinajstić information content (AvgIpc) is 2.17. The van der Waals surface area contributed by atoms with Crippen LogP contribution in [0, 0.1) is 5.92 Å². The second-order valence-electron chi connectivity index (χ2n) is 3.94. The molecule has 13 heavy (non-hydrogen) atoms. The van der Waals surface area contributed by atoms with Crippen molar-refractivity contribution in [3.8, 4) is 0 Å². The van der Waals surface area contributed by atoms with Gasteiger partial charge in [-0.05, 0) is 25.7 Å². The van der Waals surface area contributed by atoms with E-state index in [9.17, 15) is 15.0 Å². The normalized spacial score (nSPS) is 23.9. The zero-order valence-corrected chi connectivity index (χ0v) is 8.07. The molecule has 0 aliphatic heterocycles. The van der Waals surface area contributed by atoms with Crippen LogP contribution < -0.4 is 0 Å². The Kier molecular flexibility index (Phi) is 3.88. The Morgan fingerprint density at radius 3 is 2.23 bits per heavy atom. The van der Waals surface area contributed by atoms with Crippen LogP contribution in [0.15, 0.2) is 0 Å². The fourth-order valence-electron chi connectivity index (χ4n) is 1.97. The minimum atomic E-state index is -1.18. The third-order valence-corrected chi connectivity index (χ3v) is 2.87. The first-order valence-corrected chi connectivity index (χ1v) is 4.99. The van der Waals surface area contributed by atoms with Crippen LogP contribution in [0.1, 0.15) is 39.0 Å². The zero-order chi connectivity index (χ0) is 9.84. The standard InChI is InChI=1S/C10H18O3/c1-7(11)9(12)10(13)8-5-3-2-4-6-8/h8-10,12-13H,2-6H2,1H3/t9-,10+/m1/s1. The molecule has 0 unspecified atom stereocenters. The highest BCUT2D eigenvalue weighted by atomic mass is 16.3. The molecule has 0 radical (unpaired) electrons. The van der Waals surface area contributed by atoms with E-state index in [0.717, 1.165) is 25.7 Å². The summed E-state index contributed by atoms with van der Waals surface area (Å²) < 4.78 is 0. The van der Waals surface area contributed by atoms with Crippen LogP contribution >= 0.6 is 0 Å². The number of carbonyl (C=O) groups is 1. The molecule has 2 N–H and O–H groups in total. The third-order valence-electron chi connectivity index (χ3n) is 2.87. The summed E-state index contributed by atoms with van der Waals surface area (Å²) >= 11 is 0. The molecular formula is C10H18O3. The Labute approximate surface area is 78.8 Å². The van der Waals surface area contributed by atoms with Crippen molar-refractivity contribution in [3.05, 3.63) is 0 Å². The topological polar surface area (TPSA) is 57.5 Å². The number of hydrogen-bond acceptors (Lipinski definition) is 3. The first-order valence-electron chi connectivity index (χ1n) is 4.99. The molecule has 0 aromatic rings. The number of aliphatic hydroxyl groups excluding tert-OH is 2. The highest BCUT2D eigenvalue weighted by Gasteiger charge is 2.29. The van der Waals surface area contributed by atoms with Crippen molar-refractivity contribution in [2.75, 3.05) is 0 Å². The number of hydrogen-bond donors (Lipinski definition) is 2. The van der Waals surface area contributed by atoms with Gasteiger partial charge in [0.25, 0.3) is 0 Å². The van der Waals surface area contributed by atoms with Crippen molar-refractivity contribution in [3.63, 3.8) is 0 Å². The molecule has 1 aliphatic carbocycles. The van der Waals surface area contributed by atoms with E-state index in [1.807, 2.05) is 0 Å². The van der Waals surface area contributed by atoms with Crippen molar-refractivity contribution >= 4 is 5.78 Å². The lowest BCUT2D eigenvalue weighted by Gasteiger charge is -2.28. The maximum atomic E-state index is 10.8. The minimum absolute atomic E-state index is 0.118. The molecule has 2 atom stereocenters. The lowest BCUT2D eigenvalue weighted by Crippen LogP contribution is -2.38. The summed E-state index contributed by atoms with van der Waals surface area (Å²) in [6.07, 6.45) is 3.26. The van der Waals surface area contributed by atoms with E-state index in [1.165, 1.54) is 13.3 Å². The van der Waals surface area contributed by atoms with E-state index >= 15 is 0 Å². The van der Waals surface area contributed by atoms with E-state index in [4.69, 9.17) is 0 Å². The van der Waals surface area contributed by atoms with E-state index in [-0.39, 0.29) is 11.7 Å². The quantitative estimate of drug-likeness (QED) is 0.687. The molecule has 1 saturated carbocycles. The highest BCUT2D eigenvalue weighted by Crippen LogP contribution is 2.27. The lowest BCUT2D eigenvalue weighted by atomic mass is 9.83. The summed E-state index contributed by atoms with van der Waals surface area (Å²) in [5, 5.41) is 19.0. The van der Waals surface area contributed by atoms with Crippen molar-refractivity contribution in [2.24, 2.45) is 5.92 Å². The predicted octanol–water partition coefficient (Wildman–Crippen LogP) is 0.878. The van der Waals surface area contributed by atoms with Gasteiger partial charge in [-0.2, -0.15) is 0 Å². The van der Waals surface area contributed by atoms with Crippen LogP contribution in [0.25, 0.3) is 0 Å². The fraction of sp³-hybridized carbons (Fsp3) is 0.900. The van der Waals surface area contributed by atoms with Crippen LogP contribution in [-0.2, 0) is 4.79 Å². The maximum Gasteiger partial charge on any atom is 0.160 e. The highest BCUT2D eigenvalue weighted by molar-refractivity contribution is 5.80. The Hall–Kier alpha value is -0.410. The molecule has 0 aromatic heterocycles. The first-order chi connectivity index (χ1) is 6.13. The molecule has 0 bridgehead atoms. The van der Waals surface area contributed by atoms with Gasteiger partial charge in [-0.1, -0.05) is 19.3 Å². The SMILES string of the molecule is CC(=O)[C@@H](O)[C@@H](O)C1CCCCC1. The van der Waals surface area contributed by atoms with Crippen molar-refractivity contribution < 1.29 is 15.0 Å². The molecule has 0 spiro atoms. The van der Waals surface area contributed by atoms with Gasteiger partial charge in [0.15, 0.2) is 5.78 Å². The Morgan fingerprint density at radius 1 is 1.23 bits per heavy atom. The van der Waals surface area contributed by atoms with E-state index < -0.39 is 12.2 Å². The Morgan fingerprint density at radius 2 is 1.77 bits per heavy atom. The molecule has 1 rings (SSSR count). The number of aliphatic hydroxyl groups is 2. The lowest BCUT2D eigenvalue weighted by molar-refractivity contribution is -0.133. The molecule has 1 fully saturated rings. The molecule has 3 heteroatoms. The summed E-state index contributed by atoms with van der Waals surface area (Å²) in [6.45, 7) is 1.32. The summed E-state index contributed by atoms with van der Waals surface area (Å²) in [7, 11) is 0. The average molecular weight is 186 g/mol. The summed E-state index contributed by atoms with van der Waals surface area (Å²) in [5.41, 5.74) is 0. The minimum Gasteiger partial charge on any atom is -0.390 e. The monoisotopic (exact) mass is 186 g/mol. The zero-order valence-electron chi connectivity index (χ0n) is 8.07. The van der Waals surface area contributed by atoms with E-state index in [1.54, 1.807) is 0 Å². The molecular weight excluding hydrogens is 168 g/mol. The van der Waals surface area contributed by atoms with Gasteiger partial charge in [0.2, 0.25) is 0 Å². The van der Waals surface area contributed by atoms with Gasteiger partial charge in [-0.25, -0.2) is 0 Å². The Bertz CT molecular complexity index is 173. The van der Waals surface area contributed by atoms with Gasteiger partial charge in [0.05, 0.1) is 6.10 Å². The van der Waals surface area contributed by atoms with Crippen LogP contribution in [0.3, 0.4) is 0 Å². The number of carbonyl (C=O) groups excluding carboxylic acids is 1. The van der Waals surface area contributed by atoms with Gasteiger partial charge in [-0.3, -0.25) is 4.79 Å². The van der Waals surface area contributed by atoms with Gasteiger partial charge >= 0.3 is 0 Å². The molecule has 0 saturated heterocycles. The van der Waals surface area contributed by atoms with Crippen molar-refractivity contribution in [2.45, 2.75) is 51.2 Å².